The van der Waals surface area contributed by atoms with Gasteiger partial charge in [0.2, 0.25) is 5.91 Å². The number of rotatable bonds is 2. The number of nitrogens with one attached hydrogen (secondary N) is 2. The van der Waals surface area contributed by atoms with Crippen LogP contribution >= 0.6 is 0 Å². The maximum Gasteiger partial charge on any atom is 0.267 e. The van der Waals surface area contributed by atoms with E-state index in [1.165, 1.54) is 11.2 Å². The summed E-state index contributed by atoms with van der Waals surface area (Å²) < 4.78 is 0. The van der Waals surface area contributed by atoms with Crippen LogP contribution < -0.4 is 10.6 Å². The molecule has 19 heavy (non-hydrogen) atoms. The molecule has 1 aromatic heterocycles. The van der Waals surface area contributed by atoms with Gasteiger partial charge < -0.3 is 15.5 Å². The average molecular weight is 259 g/mol. The normalized spacial score (nSPS) is 22.4. The molecule has 0 radical (unpaired) electrons. The van der Waals surface area contributed by atoms with Crippen LogP contribution in [0.25, 0.3) is 0 Å². The van der Waals surface area contributed by atoms with Crippen molar-refractivity contribution in [1.29, 1.82) is 0 Å². The Bertz CT molecular complexity index is 542. The molecular weight excluding hydrogens is 246 g/mol. The summed E-state index contributed by atoms with van der Waals surface area (Å²) in [5, 5.41) is 5.78. The smallest absolute Gasteiger partial charge is 0.267 e. The molecule has 1 aromatic rings. The minimum atomic E-state index is -0.385. The number of piperazine rings is 1. The summed E-state index contributed by atoms with van der Waals surface area (Å²) in [5.74, 6) is 0.331. The highest BCUT2D eigenvalue weighted by atomic mass is 16.2. The maximum absolute atomic E-state index is 12.3. The van der Waals surface area contributed by atoms with E-state index >= 15 is 0 Å². The van der Waals surface area contributed by atoms with Gasteiger partial charge in [0.25, 0.3) is 5.91 Å². The van der Waals surface area contributed by atoms with Crippen molar-refractivity contribution < 1.29 is 9.59 Å². The van der Waals surface area contributed by atoms with Gasteiger partial charge in [-0.3, -0.25) is 9.59 Å². The van der Waals surface area contributed by atoms with Crippen LogP contribution in [0.3, 0.4) is 0 Å². The Hall–Kier alpha value is -2.44. The number of anilines is 1. The summed E-state index contributed by atoms with van der Waals surface area (Å²) in [6, 6.07) is 1.32. The van der Waals surface area contributed by atoms with Crippen molar-refractivity contribution in [3.63, 3.8) is 0 Å². The molecule has 0 saturated carbocycles. The van der Waals surface area contributed by atoms with Crippen molar-refractivity contribution in [2.75, 3.05) is 18.4 Å². The van der Waals surface area contributed by atoms with E-state index < -0.39 is 0 Å². The van der Waals surface area contributed by atoms with Gasteiger partial charge in [0.15, 0.2) is 0 Å². The van der Waals surface area contributed by atoms with Crippen LogP contribution in [0.1, 0.15) is 6.42 Å². The second-order valence-corrected chi connectivity index (χ2v) is 4.36. The molecule has 2 aliphatic heterocycles. The van der Waals surface area contributed by atoms with Gasteiger partial charge in [0.05, 0.1) is 0 Å². The Labute approximate surface area is 109 Å². The van der Waals surface area contributed by atoms with Crippen LogP contribution in [-0.2, 0) is 9.59 Å². The number of carbonyl (C=O) groups is 2. The average Bonchev–Trinajstić information content (AvgIpc) is 2.44. The third-order valence-electron chi connectivity index (χ3n) is 3.16. The predicted molar refractivity (Wildman–Crippen MR) is 66.9 cm³/mol. The molecule has 7 heteroatoms. The molecule has 1 unspecified atom stereocenters. The fourth-order valence-electron chi connectivity index (χ4n) is 2.24. The Balaban J connectivity index is 1.79. The highest BCUT2D eigenvalue weighted by Gasteiger charge is 2.35. The lowest BCUT2D eigenvalue weighted by Gasteiger charge is -2.35. The molecule has 0 spiro atoms. The number of carbonyl (C=O) groups excluding carboxylic acids is 2. The summed E-state index contributed by atoms with van der Waals surface area (Å²) in [4.78, 5) is 33.3. The molecule has 1 atom stereocenters. The van der Waals surface area contributed by atoms with Gasteiger partial charge in [0.1, 0.15) is 23.9 Å². The van der Waals surface area contributed by atoms with Crippen LogP contribution in [0.2, 0.25) is 0 Å². The Morgan fingerprint density at radius 1 is 1.42 bits per heavy atom. The molecule has 0 bridgehead atoms. The second kappa shape index (κ2) is 4.68. The molecule has 2 amide bonds. The molecule has 7 nitrogen and oxygen atoms in total. The Morgan fingerprint density at radius 2 is 2.32 bits per heavy atom. The van der Waals surface area contributed by atoms with Gasteiger partial charge in [-0.15, -0.1) is 0 Å². The number of nitrogens with zero attached hydrogens (tertiary/aromatic N) is 3. The van der Waals surface area contributed by atoms with Crippen LogP contribution in [0.4, 0.5) is 5.82 Å². The molecule has 98 valence electrons. The van der Waals surface area contributed by atoms with Gasteiger partial charge in [-0.2, -0.15) is 0 Å². The third kappa shape index (κ3) is 2.14. The Morgan fingerprint density at radius 3 is 3.11 bits per heavy atom. The van der Waals surface area contributed by atoms with E-state index in [1.54, 1.807) is 18.3 Å². The molecule has 1 saturated heterocycles. The zero-order chi connectivity index (χ0) is 13.2. The van der Waals surface area contributed by atoms with Gasteiger partial charge >= 0.3 is 0 Å². The van der Waals surface area contributed by atoms with Crippen molar-refractivity contribution in [3.8, 4) is 0 Å². The summed E-state index contributed by atoms with van der Waals surface area (Å²) in [6.07, 6.45) is 5.29. The van der Waals surface area contributed by atoms with E-state index in [2.05, 4.69) is 20.6 Å². The van der Waals surface area contributed by atoms with Crippen molar-refractivity contribution >= 4 is 17.6 Å². The summed E-state index contributed by atoms with van der Waals surface area (Å²) >= 11 is 0. The first kappa shape index (κ1) is 11.6. The third-order valence-corrected chi connectivity index (χ3v) is 3.16. The molecule has 2 aliphatic rings. The van der Waals surface area contributed by atoms with E-state index in [1.807, 2.05) is 0 Å². The first-order chi connectivity index (χ1) is 9.25. The van der Waals surface area contributed by atoms with Gasteiger partial charge in [-0.25, -0.2) is 9.97 Å². The van der Waals surface area contributed by atoms with E-state index in [4.69, 9.17) is 0 Å². The van der Waals surface area contributed by atoms with E-state index in [-0.39, 0.29) is 17.9 Å². The van der Waals surface area contributed by atoms with Crippen LogP contribution in [-0.4, -0.2) is 45.8 Å². The number of fused-ring (bicyclic) bond motifs is 1. The maximum atomic E-state index is 12.3. The predicted octanol–water partition coefficient (Wildman–Crippen LogP) is -0.497. The quantitative estimate of drug-likeness (QED) is 0.748. The largest absolute Gasteiger partial charge is 0.358 e. The zero-order valence-electron chi connectivity index (χ0n) is 10.2. The first-order valence-corrected chi connectivity index (χ1v) is 6.08. The van der Waals surface area contributed by atoms with Crippen molar-refractivity contribution in [2.24, 2.45) is 0 Å². The van der Waals surface area contributed by atoms with Gasteiger partial charge in [0, 0.05) is 19.3 Å². The molecule has 1 fully saturated rings. The van der Waals surface area contributed by atoms with Crippen LogP contribution in [0.5, 0.6) is 0 Å². The Kier molecular flexibility index (Phi) is 2.86. The monoisotopic (exact) mass is 259 g/mol. The highest BCUT2D eigenvalue weighted by molar-refractivity contribution is 6.01. The lowest BCUT2D eigenvalue weighted by Crippen LogP contribution is -2.54. The second-order valence-electron chi connectivity index (χ2n) is 4.36. The van der Waals surface area contributed by atoms with E-state index in [9.17, 15) is 9.59 Å². The van der Waals surface area contributed by atoms with Crippen molar-refractivity contribution in [1.82, 2.24) is 20.2 Å². The topological polar surface area (TPSA) is 87.2 Å². The lowest BCUT2D eigenvalue weighted by atomic mass is 10.0. The molecule has 2 N–H and O–H groups in total. The molecule has 3 heterocycles. The SMILES string of the molecule is O=C1NCCN2C(=O)C(Nc3ccncn3)CC=C12. The van der Waals surface area contributed by atoms with Crippen molar-refractivity contribution in [3.05, 3.63) is 30.4 Å². The lowest BCUT2D eigenvalue weighted by molar-refractivity contribution is -0.135. The summed E-state index contributed by atoms with van der Waals surface area (Å²) in [5.41, 5.74) is 0.456. The van der Waals surface area contributed by atoms with Gasteiger partial charge in [-0.05, 0) is 12.5 Å². The fraction of sp³-hybridized carbons (Fsp3) is 0.333. The summed E-state index contributed by atoms with van der Waals surface area (Å²) in [6.45, 7) is 1.00. The molecular formula is C12H13N5O2. The van der Waals surface area contributed by atoms with E-state index in [0.29, 0.717) is 31.0 Å². The number of aromatic nitrogens is 2. The first-order valence-electron chi connectivity index (χ1n) is 6.08. The minimum absolute atomic E-state index is 0.0917. The van der Waals surface area contributed by atoms with Crippen LogP contribution in [0, 0.1) is 0 Å². The number of hydrogen-bond acceptors (Lipinski definition) is 5. The molecule has 0 aliphatic carbocycles. The fourth-order valence-corrected chi connectivity index (χ4v) is 2.24. The van der Waals surface area contributed by atoms with Crippen molar-refractivity contribution in [2.45, 2.75) is 12.5 Å². The summed E-state index contributed by atoms with van der Waals surface area (Å²) in [7, 11) is 0. The minimum Gasteiger partial charge on any atom is -0.358 e. The zero-order valence-corrected chi connectivity index (χ0v) is 10.2. The van der Waals surface area contributed by atoms with E-state index in [0.717, 1.165) is 0 Å². The highest BCUT2D eigenvalue weighted by Crippen LogP contribution is 2.20. The van der Waals surface area contributed by atoms with Gasteiger partial charge in [-0.1, -0.05) is 6.08 Å². The number of hydrogen-bond donors (Lipinski definition) is 2. The standard InChI is InChI=1S/C12H13N5O2/c18-11-9-2-1-8(12(19)17(9)6-5-14-11)16-10-3-4-13-7-15-10/h2-4,7-8H,1,5-6H2,(H,14,18)(H,13,15,16). The van der Waals surface area contributed by atoms with Crippen LogP contribution in [0.15, 0.2) is 30.4 Å². The number of amides is 2. The molecule has 3 rings (SSSR count). The molecule has 0 aromatic carbocycles.